The third kappa shape index (κ3) is 4.76. The molecule has 1 amide bonds. The molecule has 3 aromatic rings. The number of carbonyl (C=O) groups is 1. The number of hydrogen-bond acceptors (Lipinski definition) is 8. The van der Waals surface area contributed by atoms with Crippen LogP contribution in [-0.2, 0) is 11.3 Å². The highest BCUT2D eigenvalue weighted by Crippen LogP contribution is 2.34. The molecule has 10 heteroatoms. The number of anilines is 1. The van der Waals surface area contributed by atoms with Crippen molar-refractivity contribution in [2.24, 2.45) is 0 Å². The van der Waals surface area contributed by atoms with Gasteiger partial charge in [0.05, 0.1) is 17.1 Å². The van der Waals surface area contributed by atoms with Crippen molar-refractivity contribution >= 4 is 17.3 Å². The summed E-state index contributed by atoms with van der Waals surface area (Å²) in [7, 11) is 0. The molecule has 31 heavy (non-hydrogen) atoms. The lowest BCUT2D eigenvalue weighted by Crippen LogP contribution is -2.24. The van der Waals surface area contributed by atoms with Crippen molar-refractivity contribution in [3.8, 4) is 11.4 Å². The Bertz CT molecular complexity index is 1100. The molecule has 1 aliphatic rings. The van der Waals surface area contributed by atoms with E-state index in [1.165, 1.54) is 19.1 Å². The van der Waals surface area contributed by atoms with E-state index < -0.39 is 11.0 Å². The number of nitrogens with one attached hydrogen (secondary N) is 1. The van der Waals surface area contributed by atoms with Crippen LogP contribution in [0.2, 0.25) is 0 Å². The van der Waals surface area contributed by atoms with Crippen molar-refractivity contribution in [3.05, 3.63) is 70.1 Å². The molecule has 1 aromatic heterocycles. The van der Waals surface area contributed by atoms with Crippen LogP contribution in [0.4, 0.5) is 11.4 Å². The molecule has 1 saturated heterocycles. The highest BCUT2D eigenvalue weighted by atomic mass is 16.6. The first kappa shape index (κ1) is 20.6. The Kier molecular flexibility index (Phi) is 5.74. The van der Waals surface area contributed by atoms with Gasteiger partial charge < -0.3 is 14.9 Å². The summed E-state index contributed by atoms with van der Waals surface area (Å²) in [5.74, 6) is 0.485. The van der Waals surface area contributed by atoms with Gasteiger partial charge in [0.15, 0.2) is 0 Å². The average molecular weight is 423 g/mol. The number of non-ortho nitro benzene ring substituents is 1. The molecule has 2 N–H and O–H groups in total. The van der Waals surface area contributed by atoms with Crippen LogP contribution in [-0.4, -0.2) is 43.6 Å². The second-order valence-corrected chi connectivity index (χ2v) is 7.48. The topological polar surface area (TPSA) is 135 Å². The molecule has 4 rings (SSSR count). The lowest BCUT2D eigenvalue weighted by molar-refractivity contribution is -0.384. The maximum Gasteiger partial charge on any atom is 0.270 e. The van der Waals surface area contributed by atoms with Gasteiger partial charge in [-0.05, 0) is 24.1 Å². The van der Waals surface area contributed by atoms with Gasteiger partial charge in [0.25, 0.3) is 5.69 Å². The van der Waals surface area contributed by atoms with Crippen LogP contribution in [0.25, 0.3) is 11.4 Å². The van der Waals surface area contributed by atoms with Crippen molar-refractivity contribution in [3.63, 3.8) is 0 Å². The fraction of sp³-hybridized carbons (Fsp3) is 0.286. The summed E-state index contributed by atoms with van der Waals surface area (Å²) in [5.41, 5.74) is 2.16. The molecule has 2 heterocycles. The summed E-state index contributed by atoms with van der Waals surface area (Å²) in [6.07, 6.45) is -0.0857. The smallest absolute Gasteiger partial charge is 0.270 e. The van der Waals surface area contributed by atoms with Crippen LogP contribution in [0.1, 0.15) is 30.8 Å². The molecule has 1 fully saturated rings. The predicted octanol–water partition coefficient (Wildman–Crippen LogP) is 2.91. The molecule has 160 valence electrons. The van der Waals surface area contributed by atoms with E-state index in [0.717, 1.165) is 5.56 Å². The van der Waals surface area contributed by atoms with Gasteiger partial charge in [0.1, 0.15) is 0 Å². The van der Waals surface area contributed by atoms with E-state index in [9.17, 15) is 20.0 Å². The number of nitro benzene ring substituents is 1. The quantitative estimate of drug-likeness (QED) is 0.456. The van der Waals surface area contributed by atoms with E-state index in [1.54, 1.807) is 12.1 Å². The number of amides is 1. The van der Waals surface area contributed by atoms with Crippen molar-refractivity contribution in [2.75, 3.05) is 11.9 Å². The number of β-amino-alcohol motifs (C(OH)–C–C–N with tert-alkyl or cyclic N) is 1. The number of aliphatic hydroxyl groups excluding tert-OH is 1. The van der Waals surface area contributed by atoms with Crippen LogP contribution >= 0.6 is 0 Å². The second kappa shape index (κ2) is 8.62. The van der Waals surface area contributed by atoms with E-state index in [1.807, 2.05) is 29.2 Å². The summed E-state index contributed by atoms with van der Waals surface area (Å²) < 4.78 is 5.45. The van der Waals surface area contributed by atoms with Gasteiger partial charge in [-0.2, -0.15) is 4.98 Å². The Hall–Kier alpha value is -3.63. The molecule has 0 bridgehead atoms. The number of carbonyl (C=O) groups excluding carboxylic acids is 1. The number of likely N-dealkylation sites (tertiary alicyclic amines) is 1. The van der Waals surface area contributed by atoms with Crippen molar-refractivity contribution in [1.82, 2.24) is 15.0 Å². The first-order valence-corrected chi connectivity index (χ1v) is 9.76. The zero-order chi connectivity index (χ0) is 22.0. The van der Waals surface area contributed by atoms with Crippen molar-refractivity contribution in [2.45, 2.75) is 32.0 Å². The van der Waals surface area contributed by atoms with Gasteiger partial charge in [-0.1, -0.05) is 29.4 Å². The molecular weight excluding hydrogens is 402 g/mol. The first-order valence-electron chi connectivity index (χ1n) is 9.76. The van der Waals surface area contributed by atoms with E-state index in [-0.39, 0.29) is 23.5 Å². The minimum absolute atomic E-state index is 0.0514. The maximum absolute atomic E-state index is 11.2. The Labute approximate surface area is 177 Å². The monoisotopic (exact) mass is 423 g/mol. The Morgan fingerprint density at radius 1 is 1.32 bits per heavy atom. The molecular formula is C21H21N5O5. The van der Waals surface area contributed by atoms with Gasteiger partial charge in [-0.3, -0.25) is 19.8 Å². The predicted molar refractivity (Wildman–Crippen MR) is 111 cm³/mol. The molecule has 0 radical (unpaired) electrons. The van der Waals surface area contributed by atoms with Gasteiger partial charge >= 0.3 is 0 Å². The highest BCUT2D eigenvalue weighted by molar-refractivity contribution is 5.88. The van der Waals surface area contributed by atoms with Crippen LogP contribution in [0.3, 0.4) is 0 Å². The number of aliphatic hydroxyl groups is 1. The van der Waals surface area contributed by atoms with Crippen LogP contribution in [0, 0.1) is 10.1 Å². The van der Waals surface area contributed by atoms with Crippen LogP contribution in [0.15, 0.2) is 53.1 Å². The summed E-state index contributed by atoms with van der Waals surface area (Å²) in [5, 5.41) is 27.9. The molecule has 2 aromatic carbocycles. The fourth-order valence-electron chi connectivity index (χ4n) is 3.69. The molecule has 0 spiro atoms. The standard InChI is InChI=1S/C21H21N5O5/c1-13(27)22-16-7-5-14(6-8-16)11-25-12-18(28)10-19(25)21-23-20(24-31-21)15-3-2-4-17(9-15)26(29)30/h2-9,18-19,28H,10-12H2,1H3,(H,22,27)/t18-,19+/m1/s1. The summed E-state index contributed by atoms with van der Waals surface area (Å²) >= 11 is 0. The molecule has 1 aliphatic heterocycles. The minimum atomic E-state index is -0.531. The Morgan fingerprint density at radius 2 is 2.10 bits per heavy atom. The molecule has 0 saturated carbocycles. The van der Waals surface area contributed by atoms with E-state index >= 15 is 0 Å². The largest absolute Gasteiger partial charge is 0.392 e. The van der Waals surface area contributed by atoms with E-state index in [0.29, 0.717) is 36.7 Å². The van der Waals surface area contributed by atoms with E-state index in [4.69, 9.17) is 4.52 Å². The van der Waals surface area contributed by atoms with Gasteiger partial charge in [0.2, 0.25) is 17.6 Å². The maximum atomic E-state index is 11.2. The lowest BCUT2D eigenvalue weighted by atomic mass is 10.1. The van der Waals surface area contributed by atoms with Crippen molar-refractivity contribution in [1.29, 1.82) is 0 Å². The summed E-state index contributed by atoms with van der Waals surface area (Å²) in [6, 6.07) is 13.2. The average Bonchev–Trinajstić information content (AvgIpc) is 3.36. The lowest BCUT2D eigenvalue weighted by Gasteiger charge is -2.21. The number of rotatable bonds is 6. The van der Waals surface area contributed by atoms with Gasteiger partial charge in [-0.15, -0.1) is 0 Å². The third-order valence-corrected chi connectivity index (χ3v) is 5.08. The van der Waals surface area contributed by atoms with Crippen molar-refractivity contribution < 1.29 is 19.3 Å². The Morgan fingerprint density at radius 3 is 2.81 bits per heavy atom. The van der Waals surface area contributed by atoms with E-state index in [2.05, 4.69) is 15.5 Å². The fourth-order valence-corrected chi connectivity index (χ4v) is 3.69. The van der Waals surface area contributed by atoms with Crippen LogP contribution in [0.5, 0.6) is 0 Å². The SMILES string of the molecule is CC(=O)Nc1ccc(CN2C[C@H](O)C[C@H]2c2nc(-c3cccc([N+](=O)[O-])c3)no2)cc1. The molecule has 0 aliphatic carbocycles. The highest BCUT2D eigenvalue weighted by Gasteiger charge is 2.36. The molecule has 0 unspecified atom stereocenters. The number of nitrogens with zero attached hydrogens (tertiary/aromatic N) is 4. The molecule has 10 nitrogen and oxygen atoms in total. The second-order valence-electron chi connectivity index (χ2n) is 7.48. The number of hydrogen-bond donors (Lipinski definition) is 2. The molecule has 2 atom stereocenters. The first-order chi connectivity index (χ1) is 14.9. The van der Waals surface area contributed by atoms with Crippen LogP contribution < -0.4 is 5.32 Å². The number of aromatic nitrogens is 2. The normalized spacial score (nSPS) is 18.8. The zero-order valence-corrected chi connectivity index (χ0v) is 16.8. The summed E-state index contributed by atoms with van der Waals surface area (Å²) in [4.78, 5) is 28.2. The van der Waals surface area contributed by atoms with Gasteiger partial charge in [0, 0.05) is 43.4 Å². The van der Waals surface area contributed by atoms with Gasteiger partial charge in [-0.25, -0.2) is 0 Å². The Balaban J connectivity index is 1.51. The zero-order valence-electron chi connectivity index (χ0n) is 16.8. The number of benzene rings is 2. The minimum Gasteiger partial charge on any atom is -0.392 e. The third-order valence-electron chi connectivity index (χ3n) is 5.08. The number of nitro groups is 1. The summed E-state index contributed by atoms with van der Waals surface area (Å²) in [6.45, 7) is 2.46.